The Morgan fingerprint density at radius 3 is 2.35 bits per heavy atom. The molecule has 9 heteroatoms. The monoisotopic (exact) mass is 354 g/mol. The Morgan fingerprint density at radius 1 is 1.22 bits per heavy atom. The van der Waals surface area contributed by atoms with Crippen LogP contribution in [0.2, 0.25) is 5.02 Å². The number of benzene rings is 1. The lowest BCUT2D eigenvalue weighted by molar-refractivity contribution is 0.537. The number of anilines is 2. The van der Waals surface area contributed by atoms with E-state index in [4.69, 9.17) is 23.1 Å². The van der Waals surface area contributed by atoms with Gasteiger partial charge in [0.1, 0.15) is 0 Å². The first kappa shape index (κ1) is 18.9. The van der Waals surface area contributed by atoms with Gasteiger partial charge in [0.05, 0.1) is 28.3 Å². The normalized spacial score (nSPS) is 9.74. The molecule has 0 bridgehead atoms. The molecular weight excluding hydrogens is 336 g/mol. The number of hydrogen-bond acceptors (Lipinski definition) is 7. The minimum Gasteiger partial charge on any atom is -0.409 e. The van der Waals surface area contributed by atoms with Gasteiger partial charge in [-0.1, -0.05) is 24.1 Å². The fourth-order valence-electron chi connectivity index (χ4n) is 1.59. The number of halogens is 1. The van der Waals surface area contributed by atoms with Crippen molar-refractivity contribution in [1.82, 2.24) is 20.0 Å². The molecule has 0 aliphatic carbocycles. The van der Waals surface area contributed by atoms with E-state index in [9.17, 15) is 0 Å². The molecule has 0 amide bonds. The summed E-state index contributed by atoms with van der Waals surface area (Å²) in [5, 5.41) is 11.7. The average Bonchev–Trinajstić information content (AvgIpc) is 2.99. The number of nitrogen functional groups attached to an aromatic ring is 2. The summed E-state index contributed by atoms with van der Waals surface area (Å²) in [6.45, 7) is 3.54. The van der Waals surface area contributed by atoms with E-state index < -0.39 is 0 Å². The van der Waals surface area contributed by atoms with Gasteiger partial charge in [0.15, 0.2) is 0 Å². The number of hydrogen-bond donors (Lipinski definition) is 3. The maximum atomic E-state index is 6.06. The molecule has 2 heterocycles. The second kappa shape index (κ2) is 7.89. The molecule has 1 aromatic carbocycles. The van der Waals surface area contributed by atoms with E-state index in [1.54, 1.807) is 23.9 Å². The maximum absolute atomic E-state index is 6.06. The van der Waals surface area contributed by atoms with Crippen molar-refractivity contribution in [3.8, 4) is 5.69 Å². The quantitative estimate of drug-likeness (QED) is 0.578. The molecule has 124 valence electrons. The molecule has 2 aromatic heterocycles. The molecule has 23 heavy (non-hydrogen) atoms. The fourth-order valence-corrected chi connectivity index (χ4v) is 1.99. The molecular formula is C14H19ClN6OS. The molecule has 3 rings (SSSR count). The van der Waals surface area contributed by atoms with E-state index in [0.717, 1.165) is 16.3 Å². The molecule has 0 saturated heterocycles. The topological polar surface area (TPSA) is 109 Å². The first-order valence-corrected chi connectivity index (χ1v) is 7.05. The summed E-state index contributed by atoms with van der Waals surface area (Å²) in [5.41, 5.74) is 13.0. The minimum absolute atomic E-state index is 0. The van der Waals surface area contributed by atoms with E-state index in [2.05, 4.69) is 32.3 Å². The third-order valence-electron chi connectivity index (χ3n) is 2.66. The largest absolute Gasteiger partial charge is 0.409 e. The summed E-state index contributed by atoms with van der Waals surface area (Å²) in [4.78, 5) is 0.834. The highest BCUT2D eigenvalue weighted by molar-refractivity contribution is 7.80. The van der Waals surface area contributed by atoms with E-state index in [1.165, 1.54) is 0 Å². The number of rotatable bonds is 1. The third kappa shape index (κ3) is 4.90. The molecule has 0 atom stereocenters. The lowest BCUT2D eigenvalue weighted by atomic mass is 10.3. The fraction of sp³-hybridized carbons (Fsp3) is 0.214. The van der Waals surface area contributed by atoms with E-state index in [-0.39, 0.29) is 13.4 Å². The molecule has 0 saturated carbocycles. The highest BCUT2D eigenvalue weighted by Crippen LogP contribution is 2.24. The maximum Gasteiger partial charge on any atom is 0.312 e. The Bertz CT molecular complexity index is 749. The van der Waals surface area contributed by atoms with Crippen LogP contribution >= 0.6 is 24.2 Å². The zero-order chi connectivity index (χ0) is 16.3. The Kier molecular flexibility index (Phi) is 6.47. The summed E-state index contributed by atoms with van der Waals surface area (Å²) >= 11 is 10.3. The molecule has 3 aromatic rings. The molecule has 0 fully saturated rings. The van der Waals surface area contributed by atoms with Crippen LogP contribution in [0.1, 0.15) is 19.0 Å². The van der Waals surface area contributed by atoms with Gasteiger partial charge in [-0.05, 0) is 25.1 Å². The van der Waals surface area contributed by atoms with E-state index in [0.29, 0.717) is 16.6 Å². The summed E-state index contributed by atoms with van der Waals surface area (Å²) in [7, 11) is 0. The van der Waals surface area contributed by atoms with Crippen LogP contribution in [-0.4, -0.2) is 20.0 Å². The van der Waals surface area contributed by atoms with Gasteiger partial charge in [-0.2, -0.15) is 5.10 Å². The van der Waals surface area contributed by atoms with Crippen LogP contribution in [0, 0.1) is 13.8 Å². The number of aryl methyl sites for hydroxylation is 2. The number of nitrogens with zero attached hydrogens (tertiary/aromatic N) is 4. The number of aromatic nitrogens is 4. The van der Waals surface area contributed by atoms with Gasteiger partial charge in [-0.15, -0.1) is 17.7 Å². The molecule has 0 aliphatic rings. The van der Waals surface area contributed by atoms with Crippen molar-refractivity contribution in [2.24, 2.45) is 0 Å². The smallest absolute Gasteiger partial charge is 0.312 e. The van der Waals surface area contributed by atoms with Crippen LogP contribution in [0.15, 0.2) is 33.7 Å². The SMILES string of the molecule is C.Cc1nn(-c2cc(S)ccc2Cl)cc1N.Cc1nnc(N)o1. The van der Waals surface area contributed by atoms with Gasteiger partial charge in [0.25, 0.3) is 0 Å². The average molecular weight is 355 g/mol. The number of nitrogens with two attached hydrogens (primary N) is 2. The van der Waals surface area contributed by atoms with Crippen molar-refractivity contribution in [2.45, 2.75) is 26.2 Å². The van der Waals surface area contributed by atoms with Crippen molar-refractivity contribution < 1.29 is 4.42 Å². The van der Waals surface area contributed by atoms with Gasteiger partial charge in [-0.3, -0.25) is 0 Å². The Morgan fingerprint density at radius 2 is 1.91 bits per heavy atom. The van der Waals surface area contributed by atoms with Crippen LogP contribution < -0.4 is 11.5 Å². The Labute approximate surface area is 145 Å². The highest BCUT2D eigenvalue weighted by atomic mass is 35.5. The first-order chi connectivity index (χ1) is 10.4. The summed E-state index contributed by atoms with van der Waals surface area (Å²) in [6, 6.07) is 5.58. The molecule has 0 unspecified atom stereocenters. The number of thiol groups is 1. The predicted octanol–water partition coefficient (Wildman–Crippen LogP) is 3.30. The minimum atomic E-state index is 0. The molecule has 4 N–H and O–H groups in total. The van der Waals surface area contributed by atoms with Gasteiger partial charge in [-0.25, -0.2) is 4.68 Å². The van der Waals surface area contributed by atoms with Crippen molar-refractivity contribution in [3.05, 3.63) is 41.0 Å². The molecule has 7 nitrogen and oxygen atoms in total. The first-order valence-electron chi connectivity index (χ1n) is 6.23. The summed E-state index contributed by atoms with van der Waals surface area (Å²) in [6.07, 6.45) is 1.74. The Balaban J connectivity index is 0.000000280. The Hall–Kier alpha value is -2.19. The second-order valence-corrected chi connectivity index (χ2v) is 5.33. The van der Waals surface area contributed by atoms with Crippen LogP contribution in [0.5, 0.6) is 0 Å². The highest BCUT2D eigenvalue weighted by Gasteiger charge is 2.07. The third-order valence-corrected chi connectivity index (χ3v) is 3.25. The lowest BCUT2D eigenvalue weighted by Crippen LogP contribution is -1.95. The van der Waals surface area contributed by atoms with Crippen molar-refractivity contribution in [2.75, 3.05) is 11.5 Å². The van der Waals surface area contributed by atoms with Crippen LogP contribution in [0.4, 0.5) is 11.7 Å². The van der Waals surface area contributed by atoms with E-state index in [1.807, 2.05) is 19.1 Å². The standard InChI is InChI=1S/C10H10ClN3S.C3H5N3O.CH4/c1-6-9(12)5-14(13-6)10-4-7(15)2-3-8(10)11;1-2-5-6-3(4)7-2;/h2-5,15H,12H2,1H3;1H3,(H2,4,6);1H4. The van der Waals surface area contributed by atoms with Crippen molar-refractivity contribution in [3.63, 3.8) is 0 Å². The van der Waals surface area contributed by atoms with Crippen LogP contribution in [0.25, 0.3) is 5.69 Å². The molecule has 0 spiro atoms. The zero-order valence-electron chi connectivity index (χ0n) is 12.0. The zero-order valence-corrected chi connectivity index (χ0v) is 13.6. The summed E-state index contributed by atoms with van der Waals surface area (Å²) in [5.74, 6) is 0.498. The molecule has 0 radical (unpaired) electrons. The second-order valence-electron chi connectivity index (χ2n) is 4.41. The van der Waals surface area contributed by atoms with Crippen molar-refractivity contribution >= 4 is 35.9 Å². The van der Waals surface area contributed by atoms with Gasteiger partial charge in [0.2, 0.25) is 5.89 Å². The molecule has 0 aliphatic heterocycles. The van der Waals surface area contributed by atoms with E-state index >= 15 is 0 Å². The van der Waals surface area contributed by atoms with Crippen LogP contribution in [-0.2, 0) is 0 Å². The van der Waals surface area contributed by atoms with Gasteiger partial charge >= 0.3 is 6.01 Å². The van der Waals surface area contributed by atoms with Crippen molar-refractivity contribution in [1.29, 1.82) is 0 Å². The van der Waals surface area contributed by atoms with Gasteiger partial charge in [0, 0.05) is 11.8 Å². The summed E-state index contributed by atoms with van der Waals surface area (Å²) < 4.78 is 6.30. The lowest BCUT2D eigenvalue weighted by Gasteiger charge is -2.04. The van der Waals surface area contributed by atoms with Crippen LogP contribution in [0.3, 0.4) is 0 Å². The van der Waals surface area contributed by atoms with Gasteiger partial charge < -0.3 is 15.9 Å². The predicted molar refractivity (Wildman–Crippen MR) is 95.2 cm³/mol.